The van der Waals surface area contributed by atoms with Crippen LogP contribution in [0.15, 0.2) is 24.3 Å². The first-order valence-corrected chi connectivity index (χ1v) is 8.89. The summed E-state index contributed by atoms with van der Waals surface area (Å²) in [6, 6.07) is 7.16. The van der Waals surface area contributed by atoms with Gasteiger partial charge in [0.05, 0.1) is 25.7 Å². The van der Waals surface area contributed by atoms with Crippen LogP contribution in [-0.2, 0) is 9.53 Å². The van der Waals surface area contributed by atoms with Crippen LogP contribution in [0.4, 0.5) is 0 Å². The summed E-state index contributed by atoms with van der Waals surface area (Å²) in [5.74, 6) is 1.29. The average Bonchev–Trinajstić information content (AvgIpc) is 2.53. The molecule has 1 heterocycles. The molecule has 0 radical (unpaired) electrons. The minimum absolute atomic E-state index is 0.0263. The molecule has 0 spiro atoms. The zero-order chi connectivity index (χ0) is 17.4. The summed E-state index contributed by atoms with van der Waals surface area (Å²) in [6.07, 6.45) is 0.380. The van der Waals surface area contributed by atoms with Crippen LogP contribution >= 0.6 is 11.6 Å². The summed E-state index contributed by atoms with van der Waals surface area (Å²) >= 11 is 5.89. The molecule has 1 fully saturated rings. The SMILES string of the molecule is CC(C)CN1CCO[C@H](CNC(=O)CCOc2cccc(Cl)c2)C1. The Bertz CT molecular complexity index is 525. The molecule has 0 unspecified atom stereocenters. The molecule has 0 aliphatic carbocycles. The van der Waals surface area contributed by atoms with Crippen LogP contribution in [0, 0.1) is 5.92 Å². The Labute approximate surface area is 149 Å². The lowest BCUT2D eigenvalue weighted by molar-refractivity contribution is -0.122. The number of amides is 1. The summed E-state index contributed by atoms with van der Waals surface area (Å²) in [4.78, 5) is 14.3. The van der Waals surface area contributed by atoms with Gasteiger partial charge in [0, 0.05) is 31.2 Å². The molecule has 1 amide bonds. The average molecular weight is 355 g/mol. The molecule has 1 aromatic rings. The number of morpholine rings is 1. The zero-order valence-electron chi connectivity index (χ0n) is 14.5. The number of nitrogens with zero attached hydrogens (tertiary/aromatic N) is 1. The van der Waals surface area contributed by atoms with Gasteiger partial charge in [0.25, 0.3) is 0 Å². The summed E-state index contributed by atoms with van der Waals surface area (Å²) < 4.78 is 11.3. The fourth-order valence-electron chi connectivity index (χ4n) is 2.72. The standard InChI is InChI=1S/C18H27ClN2O3/c1-14(2)12-21-7-9-24-17(13-21)11-20-18(22)6-8-23-16-5-3-4-15(19)10-16/h3-5,10,14,17H,6-9,11-13H2,1-2H3,(H,20,22)/t17-/m1/s1. The second kappa shape index (κ2) is 9.87. The Morgan fingerprint density at radius 2 is 2.33 bits per heavy atom. The molecule has 1 N–H and O–H groups in total. The van der Waals surface area contributed by atoms with Crippen molar-refractivity contribution in [3.8, 4) is 5.75 Å². The van der Waals surface area contributed by atoms with E-state index in [1.165, 1.54) is 0 Å². The van der Waals surface area contributed by atoms with Crippen LogP contribution in [0.1, 0.15) is 20.3 Å². The number of ether oxygens (including phenoxy) is 2. The third-order valence-corrected chi connectivity index (χ3v) is 4.00. The van der Waals surface area contributed by atoms with E-state index in [0.29, 0.717) is 36.3 Å². The van der Waals surface area contributed by atoms with Gasteiger partial charge in [0.1, 0.15) is 5.75 Å². The lowest BCUT2D eigenvalue weighted by Gasteiger charge is -2.33. The Balaban J connectivity index is 1.62. The maximum Gasteiger partial charge on any atom is 0.223 e. The van der Waals surface area contributed by atoms with E-state index in [1.807, 2.05) is 12.1 Å². The van der Waals surface area contributed by atoms with Crippen LogP contribution in [0.25, 0.3) is 0 Å². The van der Waals surface area contributed by atoms with Gasteiger partial charge >= 0.3 is 0 Å². The summed E-state index contributed by atoms with van der Waals surface area (Å²) in [6.45, 7) is 8.94. The summed E-state index contributed by atoms with van der Waals surface area (Å²) in [5.41, 5.74) is 0. The van der Waals surface area contributed by atoms with Gasteiger partial charge in [0.2, 0.25) is 5.91 Å². The van der Waals surface area contributed by atoms with Gasteiger partial charge in [-0.2, -0.15) is 0 Å². The molecule has 6 heteroatoms. The topological polar surface area (TPSA) is 50.8 Å². The highest BCUT2D eigenvalue weighted by Crippen LogP contribution is 2.17. The molecule has 2 rings (SSSR count). The molecule has 1 saturated heterocycles. The van der Waals surface area contributed by atoms with Crippen molar-refractivity contribution in [3.63, 3.8) is 0 Å². The highest BCUT2D eigenvalue weighted by Gasteiger charge is 2.21. The highest BCUT2D eigenvalue weighted by molar-refractivity contribution is 6.30. The zero-order valence-corrected chi connectivity index (χ0v) is 15.2. The lowest BCUT2D eigenvalue weighted by atomic mass is 10.2. The maximum atomic E-state index is 11.9. The molecule has 1 aliphatic rings. The minimum Gasteiger partial charge on any atom is -0.493 e. The van der Waals surface area contributed by atoms with Crippen LogP contribution in [0.3, 0.4) is 0 Å². The maximum absolute atomic E-state index is 11.9. The van der Waals surface area contributed by atoms with E-state index in [9.17, 15) is 4.79 Å². The van der Waals surface area contributed by atoms with Gasteiger partial charge in [0.15, 0.2) is 0 Å². The number of benzene rings is 1. The lowest BCUT2D eigenvalue weighted by Crippen LogP contribution is -2.48. The molecule has 24 heavy (non-hydrogen) atoms. The van der Waals surface area contributed by atoms with Crippen molar-refractivity contribution in [2.75, 3.05) is 39.4 Å². The molecular weight excluding hydrogens is 328 g/mol. The van der Waals surface area contributed by atoms with E-state index in [-0.39, 0.29) is 12.0 Å². The van der Waals surface area contributed by atoms with Gasteiger partial charge in [-0.15, -0.1) is 0 Å². The van der Waals surface area contributed by atoms with Gasteiger partial charge in [-0.1, -0.05) is 31.5 Å². The van der Waals surface area contributed by atoms with Crippen molar-refractivity contribution in [1.29, 1.82) is 0 Å². The van der Waals surface area contributed by atoms with Gasteiger partial charge in [-0.05, 0) is 24.1 Å². The van der Waals surface area contributed by atoms with Gasteiger partial charge in [-0.3, -0.25) is 9.69 Å². The fourth-order valence-corrected chi connectivity index (χ4v) is 2.90. The number of carbonyl (C=O) groups excluding carboxylic acids is 1. The smallest absolute Gasteiger partial charge is 0.223 e. The monoisotopic (exact) mass is 354 g/mol. The van der Waals surface area contributed by atoms with E-state index in [2.05, 4.69) is 24.1 Å². The van der Waals surface area contributed by atoms with E-state index in [0.717, 1.165) is 26.2 Å². The van der Waals surface area contributed by atoms with Crippen LogP contribution in [0.5, 0.6) is 5.75 Å². The van der Waals surface area contributed by atoms with Gasteiger partial charge < -0.3 is 14.8 Å². The number of rotatable bonds is 8. The normalized spacial score (nSPS) is 18.6. The molecule has 134 valence electrons. The second-order valence-electron chi connectivity index (χ2n) is 6.51. The Morgan fingerprint density at radius 3 is 3.08 bits per heavy atom. The first-order chi connectivity index (χ1) is 11.5. The molecule has 0 saturated carbocycles. The molecule has 0 bridgehead atoms. The summed E-state index contributed by atoms with van der Waals surface area (Å²) in [7, 11) is 0. The second-order valence-corrected chi connectivity index (χ2v) is 6.94. The third-order valence-electron chi connectivity index (χ3n) is 3.77. The van der Waals surface area contributed by atoms with Crippen molar-refractivity contribution in [2.24, 2.45) is 5.92 Å². The van der Waals surface area contributed by atoms with E-state index >= 15 is 0 Å². The Morgan fingerprint density at radius 1 is 1.50 bits per heavy atom. The Kier molecular flexibility index (Phi) is 7.82. The van der Waals surface area contributed by atoms with E-state index < -0.39 is 0 Å². The van der Waals surface area contributed by atoms with Crippen molar-refractivity contribution in [2.45, 2.75) is 26.4 Å². The predicted octanol–water partition coefficient (Wildman–Crippen LogP) is 2.58. The first kappa shape index (κ1) is 19.0. The minimum atomic E-state index is -0.0263. The van der Waals surface area contributed by atoms with Crippen LogP contribution in [0.2, 0.25) is 5.02 Å². The molecule has 1 aliphatic heterocycles. The molecular formula is C18H27ClN2O3. The quantitative estimate of drug-likeness (QED) is 0.779. The number of halogens is 1. The molecule has 0 aromatic heterocycles. The largest absolute Gasteiger partial charge is 0.493 e. The van der Waals surface area contributed by atoms with Gasteiger partial charge in [-0.25, -0.2) is 0 Å². The van der Waals surface area contributed by atoms with Crippen molar-refractivity contribution < 1.29 is 14.3 Å². The number of nitrogens with one attached hydrogen (secondary N) is 1. The molecule has 1 aromatic carbocycles. The van der Waals surface area contributed by atoms with Crippen molar-refractivity contribution in [3.05, 3.63) is 29.3 Å². The van der Waals surface area contributed by atoms with Crippen LogP contribution in [-0.4, -0.2) is 56.3 Å². The molecule has 5 nitrogen and oxygen atoms in total. The van der Waals surface area contributed by atoms with E-state index in [4.69, 9.17) is 21.1 Å². The Hall–Kier alpha value is -1.30. The number of carbonyl (C=O) groups is 1. The third kappa shape index (κ3) is 7.07. The number of hydrogen-bond acceptors (Lipinski definition) is 4. The number of hydrogen-bond donors (Lipinski definition) is 1. The predicted molar refractivity (Wildman–Crippen MR) is 95.6 cm³/mol. The highest BCUT2D eigenvalue weighted by atomic mass is 35.5. The fraction of sp³-hybridized carbons (Fsp3) is 0.611. The molecule has 1 atom stereocenters. The van der Waals surface area contributed by atoms with E-state index in [1.54, 1.807) is 12.1 Å². The van der Waals surface area contributed by atoms with Crippen molar-refractivity contribution in [1.82, 2.24) is 10.2 Å². The summed E-state index contributed by atoms with van der Waals surface area (Å²) in [5, 5.41) is 3.55. The van der Waals surface area contributed by atoms with Crippen molar-refractivity contribution >= 4 is 17.5 Å². The first-order valence-electron chi connectivity index (χ1n) is 8.52. The van der Waals surface area contributed by atoms with Crippen LogP contribution < -0.4 is 10.1 Å².